The van der Waals surface area contributed by atoms with Gasteiger partial charge in [0.1, 0.15) is 5.75 Å². The summed E-state index contributed by atoms with van der Waals surface area (Å²) in [6.07, 6.45) is 0.375. The zero-order valence-corrected chi connectivity index (χ0v) is 14.3. The molecule has 1 heterocycles. The topological polar surface area (TPSA) is 58.8 Å². The second-order valence-corrected chi connectivity index (χ2v) is 6.23. The molecule has 0 atom stereocenters. The van der Waals surface area contributed by atoms with Crippen LogP contribution in [-0.4, -0.2) is 53.6 Å². The van der Waals surface area contributed by atoms with Gasteiger partial charge < -0.3 is 20.3 Å². The van der Waals surface area contributed by atoms with Crippen LogP contribution in [-0.2, 0) is 4.79 Å². The molecule has 126 valence electrons. The molecule has 2 aromatic rings. The van der Waals surface area contributed by atoms with Crippen LogP contribution in [0.25, 0.3) is 10.8 Å². The SMILES string of the molecule is NC(=S)N1CCN(C(=O)CCOc2ccc3ccccc3c2)CC1. The Balaban J connectivity index is 1.47. The lowest BCUT2D eigenvalue weighted by Crippen LogP contribution is -2.52. The average Bonchev–Trinajstić information content (AvgIpc) is 2.61. The highest BCUT2D eigenvalue weighted by Gasteiger charge is 2.21. The summed E-state index contributed by atoms with van der Waals surface area (Å²) in [5.41, 5.74) is 5.61. The van der Waals surface area contributed by atoms with Gasteiger partial charge >= 0.3 is 0 Å². The Labute approximate surface area is 147 Å². The number of carbonyl (C=O) groups excluding carboxylic acids is 1. The lowest BCUT2D eigenvalue weighted by molar-refractivity contribution is -0.132. The van der Waals surface area contributed by atoms with Crippen LogP contribution in [0.2, 0.25) is 0 Å². The lowest BCUT2D eigenvalue weighted by Gasteiger charge is -2.35. The van der Waals surface area contributed by atoms with E-state index in [0.717, 1.165) is 11.1 Å². The molecule has 0 saturated carbocycles. The van der Waals surface area contributed by atoms with Gasteiger partial charge in [-0.3, -0.25) is 4.79 Å². The van der Waals surface area contributed by atoms with E-state index in [1.54, 1.807) is 0 Å². The molecule has 0 unspecified atom stereocenters. The number of hydrogen-bond acceptors (Lipinski definition) is 3. The fourth-order valence-corrected chi connectivity index (χ4v) is 3.03. The normalized spacial score (nSPS) is 14.7. The fourth-order valence-electron chi connectivity index (χ4n) is 2.85. The molecule has 2 N–H and O–H groups in total. The predicted octanol–water partition coefficient (Wildman–Crippen LogP) is 2.00. The lowest BCUT2D eigenvalue weighted by atomic mass is 10.1. The van der Waals surface area contributed by atoms with Crippen molar-refractivity contribution in [2.75, 3.05) is 32.8 Å². The Kier molecular flexibility index (Phi) is 5.15. The molecule has 1 fully saturated rings. The van der Waals surface area contributed by atoms with Gasteiger partial charge in [0.05, 0.1) is 13.0 Å². The third kappa shape index (κ3) is 3.94. The summed E-state index contributed by atoms with van der Waals surface area (Å²) >= 11 is 4.96. The van der Waals surface area contributed by atoms with Gasteiger partial charge in [-0.15, -0.1) is 0 Å². The minimum Gasteiger partial charge on any atom is -0.493 e. The molecule has 1 amide bonds. The van der Waals surface area contributed by atoms with E-state index >= 15 is 0 Å². The molecule has 3 rings (SSSR count). The Morgan fingerprint density at radius 1 is 1.04 bits per heavy atom. The monoisotopic (exact) mass is 343 g/mol. The van der Waals surface area contributed by atoms with Crippen LogP contribution in [0.3, 0.4) is 0 Å². The van der Waals surface area contributed by atoms with Crippen molar-refractivity contribution < 1.29 is 9.53 Å². The van der Waals surface area contributed by atoms with E-state index < -0.39 is 0 Å². The number of nitrogens with two attached hydrogens (primary N) is 1. The fraction of sp³-hybridized carbons (Fsp3) is 0.333. The van der Waals surface area contributed by atoms with E-state index in [1.807, 2.05) is 40.1 Å². The number of rotatable bonds is 4. The highest BCUT2D eigenvalue weighted by Crippen LogP contribution is 2.20. The van der Waals surface area contributed by atoms with Crippen LogP contribution in [0.4, 0.5) is 0 Å². The Hall–Kier alpha value is -2.34. The molecule has 0 aliphatic carbocycles. The van der Waals surface area contributed by atoms with E-state index in [4.69, 9.17) is 22.7 Å². The number of thiocarbonyl (C=S) groups is 1. The summed E-state index contributed by atoms with van der Waals surface area (Å²) in [4.78, 5) is 16.0. The zero-order chi connectivity index (χ0) is 16.9. The van der Waals surface area contributed by atoms with Gasteiger partial charge in [0, 0.05) is 26.2 Å². The van der Waals surface area contributed by atoms with Crippen molar-refractivity contribution in [3.63, 3.8) is 0 Å². The van der Waals surface area contributed by atoms with Gasteiger partial charge in [0.2, 0.25) is 5.91 Å². The van der Waals surface area contributed by atoms with E-state index in [-0.39, 0.29) is 5.91 Å². The first-order valence-corrected chi connectivity index (χ1v) is 8.48. The highest BCUT2D eigenvalue weighted by molar-refractivity contribution is 7.80. The minimum atomic E-state index is 0.110. The largest absolute Gasteiger partial charge is 0.493 e. The summed E-state index contributed by atoms with van der Waals surface area (Å²) < 4.78 is 5.74. The number of benzene rings is 2. The van der Waals surface area contributed by atoms with Crippen molar-refractivity contribution >= 4 is 34.0 Å². The first-order valence-electron chi connectivity index (χ1n) is 8.07. The van der Waals surface area contributed by atoms with Crippen LogP contribution in [0.1, 0.15) is 6.42 Å². The van der Waals surface area contributed by atoms with Crippen LogP contribution in [0, 0.1) is 0 Å². The summed E-state index contributed by atoms with van der Waals surface area (Å²) in [5, 5.41) is 2.72. The number of carbonyl (C=O) groups is 1. The summed E-state index contributed by atoms with van der Waals surface area (Å²) in [7, 11) is 0. The van der Waals surface area contributed by atoms with Gasteiger partial charge in [-0.05, 0) is 35.1 Å². The quantitative estimate of drug-likeness (QED) is 0.861. The average molecular weight is 343 g/mol. The molecule has 24 heavy (non-hydrogen) atoms. The summed E-state index contributed by atoms with van der Waals surface area (Å²) in [6.45, 7) is 3.10. The molecule has 0 radical (unpaired) electrons. The molecule has 6 heteroatoms. The van der Waals surface area contributed by atoms with Crippen molar-refractivity contribution in [2.45, 2.75) is 6.42 Å². The first-order chi connectivity index (χ1) is 11.6. The third-order valence-corrected chi connectivity index (χ3v) is 4.51. The number of piperazine rings is 1. The highest BCUT2D eigenvalue weighted by atomic mass is 32.1. The molecule has 0 aromatic heterocycles. The second-order valence-electron chi connectivity index (χ2n) is 5.81. The van der Waals surface area contributed by atoms with Gasteiger partial charge in [0.15, 0.2) is 5.11 Å². The van der Waals surface area contributed by atoms with E-state index in [2.05, 4.69) is 12.1 Å². The second kappa shape index (κ2) is 7.49. The van der Waals surface area contributed by atoms with E-state index in [1.165, 1.54) is 5.39 Å². The maximum atomic E-state index is 12.2. The smallest absolute Gasteiger partial charge is 0.226 e. The number of fused-ring (bicyclic) bond motifs is 1. The number of hydrogen-bond donors (Lipinski definition) is 1. The van der Waals surface area contributed by atoms with Crippen LogP contribution >= 0.6 is 12.2 Å². The molecule has 0 spiro atoms. The van der Waals surface area contributed by atoms with Gasteiger partial charge in [0.25, 0.3) is 0 Å². The maximum Gasteiger partial charge on any atom is 0.226 e. The zero-order valence-electron chi connectivity index (χ0n) is 13.5. The first kappa shape index (κ1) is 16.5. The standard InChI is InChI=1S/C18H21N3O2S/c19-18(24)21-10-8-20(9-11-21)17(22)7-12-23-16-6-5-14-3-1-2-4-15(14)13-16/h1-6,13H,7-12H2,(H2,19,24). The third-order valence-electron chi connectivity index (χ3n) is 4.25. The number of amides is 1. The summed E-state index contributed by atoms with van der Waals surface area (Å²) in [6, 6.07) is 14.1. The molecule has 1 aliphatic rings. The predicted molar refractivity (Wildman–Crippen MR) is 99.0 cm³/mol. The van der Waals surface area contributed by atoms with Crippen LogP contribution < -0.4 is 10.5 Å². The molecule has 2 aromatic carbocycles. The van der Waals surface area contributed by atoms with Crippen molar-refractivity contribution in [3.8, 4) is 5.75 Å². The van der Waals surface area contributed by atoms with E-state index in [9.17, 15) is 4.79 Å². The van der Waals surface area contributed by atoms with Crippen molar-refractivity contribution in [1.82, 2.24) is 9.80 Å². The maximum absolute atomic E-state index is 12.2. The van der Waals surface area contributed by atoms with Crippen LogP contribution in [0.5, 0.6) is 5.75 Å². The number of nitrogens with zero attached hydrogens (tertiary/aromatic N) is 2. The van der Waals surface area contributed by atoms with Gasteiger partial charge in [-0.1, -0.05) is 30.3 Å². The molecule has 0 bridgehead atoms. The molecular formula is C18H21N3O2S. The Bertz CT molecular complexity index is 742. The number of ether oxygens (including phenoxy) is 1. The molecule has 5 nitrogen and oxygen atoms in total. The molecule has 1 aliphatic heterocycles. The van der Waals surface area contributed by atoms with Crippen LogP contribution in [0.15, 0.2) is 42.5 Å². The minimum absolute atomic E-state index is 0.110. The Morgan fingerprint density at radius 2 is 1.71 bits per heavy atom. The van der Waals surface area contributed by atoms with E-state index in [0.29, 0.717) is 44.3 Å². The van der Waals surface area contributed by atoms with Crippen molar-refractivity contribution in [1.29, 1.82) is 0 Å². The Morgan fingerprint density at radius 3 is 2.42 bits per heavy atom. The van der Waals surface area contributed by atoms with Gasteiger partial charge in [-0.2, -0.15) is 0 Å². The van der Waals surface area contributed by atoms with Gasteiger partial charge in [-0.25, -0.2) is 0 Å². The van der Waals surface area contributed by atoms with Crippen molar-refractivity contribution in [2.24, 2.45) is 5.73 Å². The molecular weight excluding hydrogens is 322 g/mol. The van der Waals surface area contributed by atoms with Crippen molar-refractivity contribution in [3.05, 3.63) is 42.5 Å². The molecule has 1 saturated heterocycles. The summed E-state index contributed by atoms with van der Waals surface area (Å²) in [5.74, 6) is 0.901.